The quantitative estimate of drug-likeness (QED) is 0.739. The first-order valence-electron chi connectivity index (χ1n) is 3.16. The molecule has 3 nitrogen and oxygen atoms in total. The van der Waals surface area contributed by atoms with Crippen LogP contribution in [-0.4, -0.2) is 18.1 Å². The minimum Gasteiger partial charge on any atom is -0.492 e. The molecule has 62 valence electrons. The van der Waals surface area contributed by atoms with Gasteiger partial charge >= 0.3 is 0 Å². The summed E-state index contributed by atoms with van der Waals surface area (Å²) in [7, 11) is 0. The Bertz CT molecular complexity index is 181. The second-order valence-corrected chi connectivity index (χ2v) is 1.82. The lowest BCUT2D eigenvalue weighted by atomic mass is 10.4. The highest BCUT2D eigenvalue weighted by Crippen LogP contribution is 2.05. The summed E-state index contributed by atoms with van der Waals surface area (Å²) in [5.41, 5.74) is 5.24. The zero-order valence-corrected chi connectivity index (χ0v) is 6.88. The minimum absolute atomic E-state index is 0. The SMILES string of the molecule is Cl.NCCOc1ccncc1. The maximum absolute atomic E-state index is 5.24. The van der Waals surface area contributed by atoms with Gasteiger partial charge in [0.1, 0.15) is 12.4 Å². The number of aromatic nitrogens is 1. The van der Waals surface area contributed by atoms with Gasteiger partial charge in [-0.25, -0.2) is 0 Å². The van der Waals surface area contributed by atoms with Crippen LogP contribution in [-0.2, 0) is 0 Å². The molecule has 0 spiro atoms. The smallest absolute Gasteiger partial charge is 0.122 e. The van der Waals surface area contributed by atoms with E-state index in [0.717, 1.165) is 5.75 Å². The van der Waals surface area contributed by atoms with Gasteiger partial charge in [0.05, 0.1) is 0 Å². The molecule has 0 saturated heterocycles. The van der Waals surface area contributed by atoms with Crippen molar-refractivity contribution in [1.82, 2.24) is 4.98 Å². The zero-order chi connectivity index (χ0) is 7.23. The predicted octanol–water partition coefficient (Wildman–Crippen LogP) is 0.841. The van der Waals surface area contributed by atoms with Crippen LogP contribution in [0.3, 0.4) is 0 Å². The van der Waals surface area contributed by atoms with Crippen molar-refractivity contribution in [3.05, 3.63) is 24.5 Å². The lowest BCUT2D eigenvalue weighted by molar-refractivity contribution is 0.328. The van der Waals surface area contributed by atoms with Gasteiger partial charge in [-0.1, -0.05) is 0 Å². The summed E-state index contributed by atoms with van der Waals surface area (Å²) in [6.07, 6.45) is 3.37. The number of ether oxygens (including phenoxy) is 1. The molecule has 1 heterocycles. The summed E-state index contributed by atoms with van der Waals surface area (Å²) in [5.74, 6) is 0.820. The van der Waals surface area contributed by atoms with Gasteiger partial charge in [0.25, 0.3) is 0 Å². The Labute approximate surface area is 72.0 Å². The molecule has 4 heteroatoms. The normalized spacial score (nSPS) is 8.45. The van der Waals surface area contributed by atoms with Crippen LogP contribution < -0.4 is 10.5 Å². The molecule has 0 radical (unpaired) electrons. The van der Waals surface area contributed by atoms with Crippen LogP contribution in [0, 0.1) is 0 Å². The molecule has 0 bridgehead atoms. The Balaban J connectivity index is 0.000001000. The Morgan fingerprint density at radius 1 is 1.36 bits per heavy atom. The van der Waals surface area contributed by atoms with Crippen molar-refractivity contribution >= 4 is 12.4 Å². The second kappa shape index (κ2) is 5.95. The summed E-state index contributed by atoms with van der Waals surface area (Å²) in [5, 5.41) is 0. The van der Waals surface area contributed by atoms with Crippen molar-refractivity contribution in [2.75, 3.05) is 13.2 Å². The highest BCUT2D eigenvalue weighted by Gasteiger charge is 1.87. The fourth-order valence-corrected chi connectivity index (χ4v) is 0.611. The van der Waals surface area contributed by atoms with Crippen LogP contribution in [0.4, 0.5) is 0 Å². The molecule has 0 saturated carbocycles. The Morgan fingerprint density at radius 2 is 2.00 bits per heavy atom. The summed E-state index contributed by atoms with van der Waals surface area (Å²) in [4.78, 5) is 3.84. The van der Waals surface area contributed by atoms with Crippen molar-refractivity contribution in [3.63, 3.8) is 0 Å². The molecule has 2 N–H and O–H groups in total. The van der Waals surface area contributed by atoms with Crippen molar-refractivity contribution in [3.8, 4) is 5.75 Å². The van der Waals surface area contributed by atoms with E-state index in [1.165, 1.54) is 0 Å². The number of halogens is 1. The van der Waals surface area contributed by atoms with Gasteiger partial charge in [-0.15, -0.1) is 12.4 Å². The van der Waals surface area contributed by atoms with E-state index < -0.39 is 0 Å². The number of hydrogen-bond donors (Lipinski definition) is 1. The summed E-state index contributed by atoms with van der Waals surface area (Å²) in [6.45, 7) is 1.10. The summed E-state index contributed by atoms with van der Waals surface area (Å²) < 4.78 is 5.19. The van der Waals surface area contributed by atoms with E-state index in [1.807, 2.05) is 0 Å². The largest absolute Gasteiger partial charge is 0.492 e. The summed E-state index contributed by atoms with van der Waals surface area (Å²) >= 11 is 0. The van der Waals surface area contributed by atoms with Gasteiger partial charge in [0, 0.05) is 18.9 Å². The number of nitrogens with two attached hydrogens (primary N) is 1. The zero-order valence-electron chi connectivity index (χ0n) is 6.06. The van der Waals surface area contributed by atoms with Crippen LogP contribution in [0.25, 0.3) is 0 Å². The monoisotopic (exact) mass is 174 g/mol. The molecule has 0 aliphatic carbocycles. The van der Waals surface area contributed by atoms with E-state index in [1.54, 1.807) is 24.5 Å². The molecule has 0 fully saturated rings. The van der Waals surface area contributed by atoms with Crippen LogP contribution in [0.2, 0.25) is 0 Å². The predicted molar refractivity (Wildman–Crippen MR) is 46.0 cm³/mol. The van der Waals surface area contributed by atoms with Gasteiger partial charge in [0.2, 0.25) is 0 Å². The molecule has 0 aliphatic rings. The van der Waals surface area contributed by atoms with Gasteiger partial charge in [-0.2, -0.15) is 0 Å². The topological polar surface area (TPSA) is 48.1 Å². The molecule has 0 amide bonds. The van der Waals surface area contributed by atoms with Crippen LogP contribution in [0.1, 0.15) is 0 Å². The molecule has 0 aromatic carbocycles. The Kier molecular flexibility index (Phi) is 5.51. The molecule has 1 aromatic heterocycles. The molecular formula is C7H11ClN2O. The third-order valence-corrected chi connectivity index (χ3v) is 1.04. The van der Waals surface area contributed by atoms with E-state index in [2.05, 4.69) is 4.98 Å². The first-order valence-corrected chi connectivity index (χ1v) is 3.16. The van der Waals surface area contributed by atoms with E-state index >= 15 is 0 Å². The number of hydrogen-bond acceptors (Lipinski definition) is 3. The Morgan fingerprint density at radius 3 is 2.55 bits per heavy atom. The summed E-state index contributed by atoms with van der Waals surface area (Å²) in [6, 6.07) is 3.60. The number of nitrogens with zero attached hydrogens (tertiary/aromatic N) is 1. The fourth-order valence-electron chi connectivity index (χ4n) is 0.611. The molecule has 0 aliphatic heterocycles. The molecule has 1 aromatic rings. The highest BCUT2D eigenvalue weighted by molar-refractivity contribution is 5.85. The average molecular weight is 175 g/mol. The number of pyridine rings is 1. The Hall–Kier alpha value is -0.800. The molecule has 0 atom stereocenters. The van der Waals surface area contributed by atoms with Gasteiger partial charge in [-0.3, -0.25) is 4.98 Å². The third kappa shape index (κ3) is 3.80. The minimum atomic E-state index is 0. The second-order valence-electron chi connectivity index (χ2n) is 1.82. The van der Waals surface area contributed by atoms with Crippen molar-refractivity contribution < 1.29 is 4.74 Å². The van der Waals surface area contributed by atoms with Crippen molar-refractivity contribution in [2.45, 2.75) is 0 Å². The lowest BCUT2D eigenvalue weighted by Crippen LogP contribution is -2.10. The van der Waals surface area contributed by atoms with Crippen LogP contribution in [0.15, 0.2) is 24.5 Å². The lowest BCUT2D eigenvalue weighted by Gasteiger charge is -2.01. The molecule has 1 rings (SSSR count). The van der Waals surface area contributed by atoms with E-state index in [9.17, 15) is 0 Å². The van der Waals surface area contributed by atoms with E-state index in [0.29, 0.717) is 13.2 Å². The fraction of sp³-hybridized carbons (Fsp3) is 0.286. The highest BCUT2D eigenvalue weighted by atomic mass is 35.5. The van der Waals surface area contributed by atoms with Crippen molar-refractivity contribution in [2.24, 2.45) is 5.73 Å². The standard InChI is InChI=1S/C7H10N2O.ClH/c8-3-6-10-7-1-4-9-5-2-7;/h1-2,4-5H,3,6,8H2;1H. The van der Waals surface area contributed by atoms with E-state index in [-0.39, 0.29) is 12.4 Å². The average Bonchev–Trinajstić information content (AvgIpc) is 2.03. The van der Waals surface area contributed by atoms with E-state index in [4.69, 9.17) is 10.5 Å². The van der Waals surface area contributed by atoms with Crippen LogP contribution in [0.5, 0.6) is 5.75 Å². The first-order chi connectivity index (χ1) is 4.93. The van der Waals surface area contributed by atoms with Gasteiger partial charge in [-0.05, 0) is 12.1 Å². The maximum atomic E-state index is 5.24. The molecule has 0 unspecified atom stereocenters. The first kappa shape index (κ1) is 10.2. The molecule has 11 heavy (non-hydrogen) atoms. The molecular weight excluding hydrogens is 164 g/mol. The van der Waals surface area contributed by atoms with Crippen LogP contribution >= 0.6 is 12.4 Å². The van der Waals surface area contributed by atoms with Crippen molar-refractivity contribution in [1.29, 1.82) is 0 Å². The maximum Gasteiger partial charge on any atom is 0.122 e. The van der Waals surface area contributed by atoms with Gasteiger partial charge in [0.15, 0.2) is 0 Å². The number of rotatable bonds is 3. The van der Waals surface area contributed by atoms with Gasteiger partial charge < -0.3 is 10.5 Å². The third-order valence-electron chi connectivity index (χ3n) is 1.04.